The van der Waals surface area contributed by atoms with Gasteiger partial charge in [0.05, 0.1) is 11.2 Å². The van der Waals surface area contributed by atoms with E-state index in [9.17, 15) is 0 Å². The van der Waals surface area contributed by atoms with Crippen LogP contribution in [0.1, 0.15) is 43.0 Å². The van der Waals surface area contributed by atoms with Crippen molar-refractivity contribution in [3.05, 3.63) is 35.0 Å². The molecule has 3 N–H and O–H groups in total. The van der Waals surface area contributed by atoms with Gasteiger partial charge in [0.25, 0.3) is 0 Å². The number of aromatic nitrogens is 1. The second-order valence-corrected chi connectivity index (χ2v) is 5.34. The van der Waals surface area contributed by atoms with Crippen LogP contribution >= 0.6 is 0 Å². The third-order valence-electron chi connectivity index (χ3n) is 3.85. The number of pyridine rings is 1. The zero-order valence-corrected chi connectivity index (χ0v) is 11.0. The summed E-state index contributed by atoms with van der Waals surface area (Å²) in [4.78, 5) is 4.77. The highest BCUT2D eigenvalue weighted by atomic mass is 15.2. The molecule has 1 heterocycles. The number of anilines is 1. The summed E-state index contributed by atoms with van der Waals surface area (Å²) in [6.45, 7) is 4.41. The molecule has 0 unspecified atom stereocenters. The minimum Gasteiger partial charge on any atom is -0.323 e. The number of rotatable bonds is 2. The van der Waals surface area contributed by atoms with Gasteiger partial charge >= 0.3 is 0 Å². The summed E-state index contributed by atoms with van der Waals surface area (Å²) in [5, 5.41) is 1.16. The van der Waals surface area contributed by atoms with Gasteiger partial charge in [0.2, 0.25) is 0 Å². The largest absolute Gasteiger partial charge is 0.323 e. The predicted octanol–water partition coefficient (Wildman–Crippen LogP) is 3.13. The van der Waals surface area contributed by atoms with E-state index >= 15 is 0 Å². The van der Waals surface area contributed by atoms with E-state index in [2.05, 4.69) is 37.5 Å². The van der Waals surface area contributed by atoms with Crippen LogP contribution in [0.5, 0.6) is 0 Å². The Kier molecular flexibility index (Phi) is 2.71. The second-order valence-electron chi connectivity index (χ2n) is 5.34. The molecule has 94 valence electrons. The van der Waals surface area contributed by atoms with Crippen molar-refractivity contribution < 1.29 is 0 Å². The number of nitrogens with one attached hydrogen (secondary N) is 1. The van der Waals surface area contributed by atoms with Crippen LogP contribution in [0.2, 0.25) is 0 Å². The summed E-state index contributed by atoms with van der Waals surface area (Å²) < 4.78 is 0. The van der Waals surface area contributed by atoms with Crippen molar-refractivity contribution in [2.75, 3.05) is 5.43 Å². The molecule has 0 saturated carbocycles. The van der Waals surface area contributed by atoms with Crippen LogP contribution in [-0.4, -0.2) is 4.98 Å². The van der Waals surface area contributed by atoms with Crippen LogP contribution in [0.3, 0.4) is 0 Å². The first-order valence-corrected chi connectivity index (χ1v) is 6.62. The highest BCUT2D eigenvalue weighted by Crippen LogP contribution is 2.34. The van der Waals surface area contributed by atoms with Crippen molar-refractivity contribution in [3.63, 3.8) is 0 Å². The third kappa shape index (κ3) is 1.66. The number of benzene rings is 1. The van der Waals surface area contributed by atoms with Crippen molar-refractivity contribution in [2.45, 2.75) is 39.0 Å². The van der Waals surface area contributed by atoms with E-state index in [1.165, 1.54) is 23.2 Å². The predicted molar refractivity (Wildman–Crippen MR) is 75.7 cm³/mol. The fourth-order valence-corrected chi connectivity index (χ4v) is 2.80. The molecule has 1 aromatic heterocycles. The van der Waals surface area contributed by atoms with Gasteiger partial charge in [-0.1, -0.05) is 19.9 Å². The van der Waals surface area contributed by atoms with Gasteiger partial charge in [0.1, 0.15) is 0 Å². The van der Waals surface area contributed by atoms with E-state index < -0.39 is 0 Å². The molecule has 0 fully saturated rings. The molecule has 0 spiro atoms. The molecular weight excluding hydrogens is 222 g/mol. The summed E-state index contributed by atoms with van der Waals surface area (Å²) >= 11 is 0. The molecule has 0 amide bonds. The van der Waals surface area contributed by atoms with Crippen LogP contribution in [0.25, 0.3) is 10.9 Å². The summed E-state index contributed by atoms with van der Waals surface area (Å²) in [5.74, 6) is 6.26. The van der Waals surface area contributed by atoms with Gasteiger partial charge < -0.3 is 5.43 Å². The number of fused-ring (bicyclic) bond motifs is 2. The Labute approximate surface area is 107 Å². The standard InChI is InChI=1S/C15H19N3/c1-9(2)10-6-7-14-12(8-10)15(18-16)11-4-3-5-13(11)17-14/h6-9H,3-5,16H2,1-2H3,(H,17,18). The van der Waals surface area contributed by atoms with E-state index in [4.69, 9.17) is 10.8 Å². The maximum absolute atomic E-state index is 5.74. The average Bonchev–Trinajstić information content (AvgIpc) is 2.82. The van der Waals surface area contributed by atoms with Gasteiger partial charge in [-0.25, -0.2) is 0 Å². The lowest BCUT2D eigenvalue weighted by Crippen LogP contribution is -2.11. The Hall–Kier alpha value is -1.61. The lowest BCUT2D eigenvalue weighted by Gasteiger charge is -2.13. The number of hydrogen-bond acceptors (Lipinski definition) is 3. The Morgan fingerprint density at radius 3 is 2.83 bits per heavy atom. The zero-order chi connectivity index (χ0) is 12.7. The van der Waals surface area contributed by atoms with E-state index in [0.717, 1.165) is 29.4 Å². The van der Waals surface area contributed by atoms with Crippen LogP contribution in [0.4, 0.5) is 5.69 Å². The number of nitrogen functional groups attached to an aromatic ring is 1. The quantitative estimate of drug-likeness (QED) is 0.627. The third-order valence-corrected chi connectivity index (χ3v) is 3.85. The SMILES string of the molecule is CC(C)c1ccc2nc3c(c(NN)c2c1)CCC3. The number of hydrogen-bond donors (Lipinski definition) is 2. The van der Waals surface area contributed by atoms with Crippen molar-refractivity contribution in [2.24, 2.45) is 5.84 Å². The van der Waals surface area contributed by atoms with Crippen LogP contribution in [0, 0.1) is 0 Å². The summed E-state index contributed by atoms with van der Waals surface area (Å²) in [7, 11) is 0. The average molecular weight is 241 g/mol. The lowest BCUT2D eigenvalue weighted by atomic mass is 9.99. The molecule has 1 aliphatic rings. The topological polar surface area (TPSA) is 50.9 Å². The second kappa shape index (κ2) is 4.25. The van der Waals surface area contributed by atoms with Gasteiger partial charge in [-0.05, 0) is 48.4 Å². The zero-order valence-electron chi connectivity index (χ0n) is 11.0. The number of nitrogens with two attached hydrogens (primary N) is 1. The van der Waals surface area contributed by atoms with Crippen LogP contribution < -0.4 is 11.3 Å². The highest BCUT2D eigenvalue weighted by molar-refractivity contribution is 5.94. The minimum absolute atomic E-state index is 0.522. The Morgan fingerprint density at radius 1 is 1.28 bits per heavy atom. The molecule has 0 saturated heterocycles. The van der Waals surface area contributed by atoms with Crippen molar-refractivity contribution >= 4 is 16.6 Å². The molecular formula is C15H19N3. The fourth-order valence-electron chi connectivity index (χ4n) is 2.80. The molecule has 1 aliphatic carbocycles. The van der Waals surface area contributed by atoms with Gasteiger partial charge in [-0.15, -0.1) is 0 Å². The number of nitrogens with zero attached hydrogens (tertiary/aromatic N) is 1. The van der Waals surface area contributed by atoms with E-state index in [-0.39, 0.29) is 0 Å². The molecule has 18 heavy (non-hydrogen) atoms. The van der Waals surface area contributed by atoms with Crippen molar-refractivity contribution in [1.29, 1.82) is 0 Å². The molecule has 0 radical (unpaired) electrons. The van der Waals surface area contributed by atoms with Crippen molar-refractivity contribution in [3.8, 4) is 0 Å². The molecule has 0 bridgehead atoms. The first-order chi connectivity index (χ1) is 8.70. The van der Waals surface area contributed by atoms with E-state index in [1.807, 2.05) is 0 Å². The maximum atomic E-state index is 5.74. The molecule has 3 rings (SSSR count). The van der Waals surface area contributed by atoms with Gasteiger partial charge in [0, 0.05) is 11.1 Å². The normalized spacial score (nSPS) is 14.2. The number of hydrazine groups is 1. The summed E-state index contributed by atoms with van der Waals surface area (Å²) in [6.07, 6.45) is 3.35. The Bertz CT molecular complexity index is 602. The van der Waals surface area contributed by atoms with Crippen LogP contribution in [0.15, 0.2) is 18.2 Å². The maximum Gasteiger partial charge on any atom is 0.0726 e. The van der Waals surface area contributed by atoms with Crippen LogP contribution in [-0.2, 0) is 12.8 Å². The van der Waals surface area contributed by atoms with Gasteiger partial charge in [-0.3, -0.25) is 10.8 Å². The smallest absolute Gasteiger partial charge is 0.0726 e. The first kappa shape index (κ1) is 11.5. The first-order valence-electron chi connectivity index (χ1n) is 6.62. The lowest BCUT2D eigenvalue weighted by molar-refractivity contribution is 0.868. The molecule has 3 heteroatoms. The minimum atomic E-state index is 0.522. The van der Waals surface area contributed by atoms with Gasteiger partial charge in [0.15, 0.2) is 0 Å². The number of aryl methyl sites for hydroxylation is 1. The molecule has 0 aliphatic heterocycles. The summed E-state index contributed by atoms with van der Waals surface area (Å²) in [6, 6.07) is 6.51. The summed E-state index contributed by atoms with van der Waals surface area (Å²) in [5.41, 5.74) is 8.88. The molecule has 1 aromatic carbocycles. The molecule has 3 nitrogen and oxygen atoms in total. The fraction of sp³-hybridized carbons (Fsp3) is 0.400. The van der Waals surface area contributed by atoms with Gasteiger partial charge in [-0.2, -0.15) is 0 Å². The highest BCUT2D eigenvalue weighted by Gasteiger charge is 2.19. The molecule has 2 aromatic rings. The van der Waals surface area contributed by atoms with E-state index in [0.29, 0.717) is 5.92 Å². The Balaban J connectivity index is 2.30. The van der Waals surface area contributed by atoms with E-state index in [1.54, 1.807) is 0 Å². The van der Waals surface area contributed by atoms with Crippen molar-refractivity contribution in [1.82, 2.24) is 4.98 Å². The molecule has 0 atom stereocenters. The Morgan fingerprint density at radius 2 is 2.11 bits per heavy atom. The monoisotopic (exact) mass is 241 g/mol.